The molecule has 1 aliphatic heterocycles. The van der Waals surface area contributed by atoms with Gasteiger partial charge in [0, 0.05) is 53.6 Å². The Labute approximate surface area is 201 Å². The molecule has 0 N–H and O–H groups in total. The molecule has 4 rings (SSSR count). The summed E-state index contributed by atoms with van der Waals surface area (Å²) >= 11 is 5.92. The predicted octanol–water partition coefficient (Wildman–Crippen LogP) is 5.65. The van der Waals surface area contributed by atoms with Crippen LogP contribution in [0, 0.1) is 6.92 Å². The summed E-state index contributed by atoms with van der Waals surface area (Å²) < 4.78 is 38.8. The molecule has 5 nitrogen and oxygen atoms in total. The molecule has 0 saturated carbocycles. The standard InChI is InChI=1S/C25H24ClF3N4O/c1-3-21-16(2)30-22(17-4-8-19(9-5-17)25(27,28)29)31-23(21)32-12-14-33(15-13-32)24(34)18-6-10-20(26)11-7-18/h4-11H,3,12-15H2,1-2H3. The van der Waals surface area contributed by atoms with Crippen LogP contribution in [-0.4, -0.2) is 47.0 Å². The third-order valence-corrected chi connectivity index (χ3v) is 6.23. The quantitative estimate of drug-likeness (QED) is 0.476. The van der Waals surface area contributed by atoms with Crippen molar-refractivity contribution in [2.45, 2.75) is 26.4 Å². The van der Waals surface area contributed by atoms with E-state index >= 15 is 0 Å². The predicted molar refractivity (Wildman–Crippen MR) is 126 cm³/mol. The smallest absolute Gasteiger partial charge is 0.353 e. The van der Waals surface area contributed by atoms with Crippen LogP contribution in [0.4, 0.5) is 19.0 Å². The fraction of sp³-hybridized carbons (Fsp3) is 0.320. The van der Waals surface area contributed by atoms with Gasteiger partial charge in [-0.2, -0.15) is 13.2 Å². The van der Waals surface area contributed by atoms with Gasteiger partial charge in [-0.15, -0.1) is 0 Å². The number of benzene rings is 2. The summed E-state index contributed by atoms with van der Waals surface area (Å²) in [7, 11) is 0. The van der Waals surface area contributed by atoms with E-state index in [0.29, 0.717) is 48.2 Å². The minimum Gasteiger partial charge on any atom is -0.353 e. The van der Waals surface area contributed by atoms with E-state index in [2.05, 4.69) is 9.88 Å². The van der Waals surface area contributed by atoms with E-state index in [9.17, 15) is 18.0 Å². The molecule has 2 heterocycles. The highest BCUT2D eigenvalue weighted by atomic mass is 35.5. The molecule has 0 bridgehead atoms. The first kappa shape index (κ1) is 24.0. The van der Waals surface area contributed by atoms with Crippen molar-refractivity contribution in [3.8, 4) is 11.4 Å². The number of hydrogen-bond acceptors (Lipinski definition) is 4. The highest BCUT2D eigenvalue weighted by Crippen LogP contribution is 2.32. The maximum absolute atomic E-state index is 12.9. The highest BCUT2D eigenvalue weighted by molar-refractivity contribution is 6.30. The maximum Gasteiger partial charge on any atom is 0.416 e. The van der Waals surface area contributed by atoms with Crippen LogP contribution < -0.4 is 4.90 Å². The highest BCUT2D eigenvalue weighted by Gasteiger charge is 2.30. The number of nitrogens with zero attached hydrogens (tertiary/aromatic N) is 4. The van der Waals surface area contributed by atoms with Gasteiger partial charge in [0.1, 0.15) is 5.82 Å². The lowest BCUT2D eigenvalue weighted by atomic mass is 10.1. The van der Waals surface area contributed by atoms with Crippen LogP contribution >= 0.6 is 11.6 Å². The van der Waals surface area contributed by atoms with E-state index in [-0.39, 0.29) is 5.91 Å². The third-order valence-electron chi connectivity index (χ3n) is 5.97. The van der Waals surface area contributed by atoms with Gasteiger partial charge in [-0.25, -0.2) is 9.97 Å². The topological polar surface area (TPSA) is 49.3 Å². The fourth-order valence-corrected chi connectivity index (χ4v) is 4.22. The molecule has 2 aromatic carbocycles. The zero-order valence-corrected chi connectivity index (χ0v) is 19.6. The number of anilines is 1. The number of amides is 1. The Balaban J connectivity index is 1.55. The summed E-state index contributed by atoms with van der Waals surface area (Å²) in [6, 6.07) is 11.7. The first-order valence-electron chi connectivity index (χ1n) is 11.0. The fourth-order valence-electron chi connectivity index (χ4n) is 4.09. The van der Waals surface area contributed by atoms with Gasteiger partial charge < -0.3 is 9.80 Å². The molecule has 3 aromatic rings. The second kappa shape index (κ2) is 9.62. The lowest BCUT2D eigenvalue weighted by molar-refractivity contribution is -0.137. The molecule has 1 aliphatic rings. The van der Waals surface area contributed by atoms with Gasteiger partial charge in [0.05, 0.1) is 5.56 Å². The van der Waals surface area contributed by atoms with Crippen LogP contribution in [0.2, 0.25) is 5.02 Å². The Hall–Kier alpha value is -3.13. The van der Waals surface area contributed by atoms with E-state index in [0.717, 1.165) is 35.6 Å². The van der Waals surface area contributed by atoms with Crippen LogP contribution in [0.3, 0.4) is 0 Å². The number of hydrogen-bond donors (Lipinski definition) is 0. The van der Waals surface area contributed by atoms with Gasteiger partial charge in [0.2, 0.25) is 0 Å². The van der Waals surface area contributed by atoms with Crippen molar-refractivity contribution in [2.24, 2.45) is 0 Å². The molecule has 1 aromatic heterocycles. The van der Waals surface area contributed by atoms with Crippen LogP contribution in [0.15, 0.2) is 48.5 Å². The summed E-state index contributed by atoms with van der Waals surface area (Å²) in [5, 5.41) is 0.580. The Morgan fingerprint density at radius 1 is 0.971 bits per heavy atom. The Kier molecular flexibility index (Phi) is 6.79. The summed E-state index contributed by atoms with van der Waals surface area (Å²) in [6.45, 7) is 6.15. The lowest BCUT2D eigenvalue weighted by Gasteiger charge is -2.36. The third kappa shape index (κ3) is 5.01. The van der Waals surface area contributed by atoms with Gasteiger partial charge in [-0.3, -0.25) is 4.79 Å². The van der Waals surface area contributed by atoms with Gasteiger partial charge in [0.25, 0.3) is 5.91 Å². The van der Waals surface area contributed by atoms with Crippen LogP contribution in [0.1, 0.15) is 34.1 Å². The van der Waals surface area contributed by atoms with Gasteiger partial charge >= 0.3 is 6.18 Å². The summed E-state index contributed by atoms with van der Waals surface area (Å²) in [5.74, 6) is 1.11. The van der Waals surface area contributed by atoms with Crippen molar-refractivity contribution in [1.29, 1.82) is 0 Å². The van der Waals surface area contributed by atoms with Crippen LogP contribution in [0.25, 0.3) is 11.4 Å². The maximum atomic E-state index is 12.9. The Bertz CT molecular complexity index is 1170. The number of aryl methyl sites for hydroxylation is 1. The number of aromatic nitrogens is 2. The summed E-state index contributed by atoms with van der Waals surface area (Å²) in [4.78, 5) is 26.0. The van der Waals surface area contributed by atoms with Crippen molar-refractivity contribution in [2.75, 3.05) is 31.1 Å². The second-order valence-electron chi connectivity index (χ2n) is 8.15. The van der Waals surface area contributed by atoms with Crippen molar-refractivity contribution in [3.63, 3.8) is 0 Å². The number of piperazine rings is 1. The second-order valence-corrected chi connectivity index (χ2v) is 8.59. The molecular formula is C25H24ClF3N4O. The Morgan fingerprint density at radius 2 is 1.59 bits per heavy atom. The normalized spacial score (nSPS) is 14.4. The SMILES string of the molecule is CCc1c(C)nc(-c2ccc(C(F)(F)F)cc2)nc1N1CCN(C(=O)c2ccc(Cl)cc2)CC1. The molecule has 34 heavy (non-hydrogen) atoms. The molecule has 1 saturated heterocycles. The molecular weight excluding hydrogens is 465 g/mol. The molecule has 0 aliphatic carbocycles. The number of halogens is 4. The molecule has 0 unspecified atom stereocenters. The van der Waals surface area contributed by atoms with Crippen molar-refractivity contribution in [3.05, 3.63) is 75.9 Å². The molecule has 178 valence electrons. The van der Waals surface area contributed by atoms with Crippen molar-refractivity contribution < 1.29 is 18.0 Å². The number of alkyl halides is 3. The molecule has 1 fully saturated rings. The zero-order valence-electron chi connectivity index (χ0n) is 18.9. The van der Waals surface area contributed by atoms with Gasteiger partial charge in [-0.1, -0.05) is 30.7 Å². The first-order chi connectivity index (χ1) is 16.2. The van der Waals surface area contributed by atoms with E-state index in [1.54, 1.807) is 29.2 Å². The van der Waals surface area contributed by atoms with E-state index in [4.69, 9.17) is 16.6 Å². The average molecular weight is 489 g/mol. The van der Waals surface area contributed by atoms with Crippen LogP contribution in [-0.2, 0) is 12.6 Å². The molecule has 0 radical (unpaired) electrons. The van der Waals surface area contributed by atoms with Crippen LogP contribution in [0.5, 0.6) is 0 Å². The van der Waals surface area contributed by atoms with Crippen molar-refractivity contribution >= 4 is 23.3 Å². The number of carbonyl (C=O) groups excluding carboxylic acids is 1. The zero-order chi connectivity index (χ0) is 24.5. The Morgan fingerprint density at radius 3 is 2.15 bits per heavy atom. The van der Waals surface area contributed by atoms with E-state index in [1.165, 1.54) is 12.1 Å². The average Bonchev–Trinajstić information content (AvgIpc) is 2.83. The minimum absolute atomic E-state index is 0.0451. The van der Waals surface area contributed by atoms with Gasteiger partial charge in [-0.05, 0) is 49.7 Å². The number of carbonyl (C=O) groups is 1. The summed E-state index contributed by atoms with van der Waals surface area (Å²) in [6.07, 6.45) is -3.67. The van der Waals surface area contributed by atoms with E-state index < -0.39 is 11.7 Å². The minimum atomic E-state index is -4.39. The monoisotopic (exact) mass is 488 g/mol. The first-order valence-corrected chi connectivity index (χ1v) is 11.4. The molecule has 0 atom stereocenters. The van der Waals surface area contributed by atoms with Gasteiger partial charge in [0.15, 0.2) is 5.82 Å². The largest absolute Gasteiger partial charge is 0.416 e. The number of rotatable bonds is 4. The summed E-state index contributed by atoms with van der Waals surface area (Å²) in [5.41, 5.74) is 2.20. The molecule has 1 amide bonds. The molecule has 0 spiro atoms. The van der Waals surface area contributed by atoms with Crippen molar-refractivity contribution in [1.82, 2.24) is 14.9 Å². The molecule has 9 heteroatoms. The van der Waals surface area contributed by atoms with E-state index in [1.807, 2.05) is 13.8 Å². The lowest BCUT2D eigenvalue weighted by Crippen LogP contribution is -2.49.